The molecule has 0 saturated carbocycles. The van der Waals surface area contributed by atoms with Crippen LogP contribution in [0.4, 0.5) is 0 Å². The van der Waals surface area contributed by atoms with Gasteiger partial charge in [0, 0.05) is 23.5 Å². The summed E-state index contributed by atoms with van der Waals surface area (Å²) in [4.78, 5) is 23.7. The average molecular weight is 419 g/mol. The maximum absolute atomic E-state index is 12.0. The number of rotatable bonds is 8. The molecule has 2 heterocycles. The molecule has 0 fully saturated rings. The molecule has 0 unspecified atom stereocenters. The summed E-state index contributed by atoms with van der Waals surface area (Å²) >= 11 is 3.37. The minimum absolute atomic E-state index is 0.0526. The van der Waals surface area contributed by atoms with E-state index >= 15 is 0 Å². The molecule has 26 heavy (non-hydrogen) atoms. The van der Waals surface area contributed by atoms with Gasteiger partial charge in [-0.3, -0.25) is 4.79 Å². The van der Waals surface area contributed by atoms with Crippen molar-refractivity contribution in [2.24, 2.45) is 0 Å². The molecular weight excluding hydrogens is 400 g/mol. The lowest BCUT2D eigenvalue weighted by atomic mass is 10.3. The van der Waals surface area contributed by atoms with Crippen LogP contribution in [0.15, 0.2) is 41.0 Å². The number of hydrogen-bond acceptors (Lipinski definition) is 5. The fourth-order valence-electron chi connectivity index (χ4n) is 2.45. The van der Waals surface area contributed by atoms with E-state index in [2.05, 4.69) is 36.2 Å². The summed E-state index contributed by atoms with van der Waals surface area (Å²) < 4.78 is 11.7. The van der Waals surface area contributed by atoms with Crippen LogP contribution in [0.1, 0.15) is 12.2 Å². The molecule has 0 saturated heterocycles. The molecule has 0 aliphatic carbocycles. The van der Waals surface area contributed by atoms with Gasteiger partial charge in [0.25, 0.3) is 0 Å². The molecule has 0 radical (unpaired) electrons. The number of fused-ring (bicyclic) bond motifs is 1. The highest BCUT2D eigenvalue weighted by Crippen LogP contribution is 2.25. The summed E-state index contributed by atoms with van der Waals surface area (Å²) in [6.45, 7) is 0.792. The highest BCUT2D eigenvalue weighted by molar-refractivity contribution is 9.10. The smallest absolute Gasteiger partial charge is 0.220 e. The Morgan fingerprint density at radius 1 is 1.31 bits per heavy atom. The number of pyridine rings is 1. The van der Waals surface area contributed by atoms with Gasteiger partial charge in [-0.1, -0.05) is 12.1 Å². The second-order valence-electron chi connectivity index (χ2n) is 5.56. The fraction of sp³-hybridized carbons (Fsp3) is 0.278. The number of amides is 1. The number of H-pyrrole nitrogens is 1. The zero-order chi connectivity index (χ0) is 18.4. The van der Waals surface area contributed by atoms with Crippen LogP contribution in [0.2, 0.25) is 0 Å². The number of ether oxygens (including phenoxy) is 2. The van der Waals surface area contributed by atoms with Crippen LogP contribution in [-0.2, 0) is 11.2 Å². The van der Waals surface area contributed by atoms with Crippen LogP contribution in [0.3, 0.4) is 0 Å². The van der Waals surface area contributed by atoms with E-state index in [-0.39, 0.29) is 5.91 Å². The molecule has 0 aliphatic rings. The Balaban J connectivity index is 1.41. The lowest BCUT2D eigenvalue weighted by Crippen LogP contribution is -2.28. The molecule has 136 valence electrons. The van der Waals surface area contributed by atoms with Crippen molar-refractivity contribution in [1.29, 1.82) is 0 Å². The van der Waals surface area contributed by atoms with Gasteiger partial charge in [-0.2, -0.15) is 0 Å². The first kappa shape index (κ1) is 18.2. The number of carbonyl (C=O) groups excluding carboxylic acids is 1. The predicted molar refractivity (Wildman–Crippen MR) is 101 cm³/mol. The second kappa shape index (κ2) is 8.66. The third kappa shape index (κ3) is 4.72. The van der Waals surface area contributed by atoms with E-state index in [0.29, 0.717) is 43.1 Å². The van der Waals surface area contributed by atoms with E-state index in [0.717, 1.165) is 15.8 Å². The highest BCUT2D eigenvalue weighted by Gasteiger charge is 2.08. The molecule has 3 aromatic rings. The SMILES string of the molecule is COc1ccccc1OCCNC(=O)CCc1nc2ncc(Br)cc2[nH]1. The fourth-order valence-corrected chi connectivity index (χ4v) is 2.78. The first-order valence-corrected chi connectivity index (χ1v) is 8.97. The van der Waals surface area contributed by atoms with Crippen molar-refractivity contribution < 1.29 is 14.3 Å². The summed E-state index contributed by atoms with van der Waals surface area (Å²) in [7, 11) is 1.59. The molecule has 0 atom stereocenters. The molecule has 1 amide bonds. The molecule has 1 aromatic carbocycles. The molecule has 7 nitrogen and oxygen atoms in total. The molecule has 2 aromatic heterocycles. The summed E-state index contributed by atoms with van der Waals surface area (Å²) in [6.07, 6.45) is 2.56. The predicted octanol–water partition coefficient (Wildman–Crippen LogP) is 2.86. The van der Waals surface area contributed by atoms with Crippen LogP contribution in [0.25, 0.3) is 11.2 Å². The number of aromatic nitrogens is 3. The first-order chi connectivity index (χ1) is 12.7. The van der Waals surface area contributed by atoms with Crippen LogP contribution < -0.4 is 14.8 Å². The van der Waals surface area contributed by atoms with Gasteiger partial charge >= 0.3 is 0 Å². The van der Waals surface area contributed by atoms with Gasteiger partial charge in [0.15, 0.2) is 17.1 Å². The summed E-state index contributed by atoms with van der Waals surface area (Å²) in [6, 6.07) is 9.31. The number of aromatic amines is 1. The third-order valence-corrected chi connectivity index (χ3v) is 4.13. The molecule has 3 rings (SSSR count). The highest BCUT2D eigenvalue weighted by atomic mass is 79.9. The zero-order valence-electron chi connectivity index (χ0n) is 14.3. The van der Waals surface area contributed by atoms with E-state index in [4.69, 9.17) is 9.47 Å². The Labute approximate surface area is 159 Å². The van der Waals surface area contributed by atoms with Crippen molar-refractivity contribution in [1.82, 2.24) is 20.3 Å². The van der Waals surface area contributed by atoms with Crippen LogP contribution in [0, 0.1) is 0 Å². The quantitative estimate of drug-likeness (QED) is 0.549. The van der Waals surface area contributed by atoms with Crippen LogP contribution >= 0.6 is 15.9 Å². The van der Waals surface area contributed by atoms with Gasteiger partial charge in [-0.05, 0) is 34.1 Å². The van der Waals surface area contributed by atoms with Gasteiger partial charge in [0.2, 0.25) is 5.91 Å². The Morgan fingerprint density at radius 2 is 2.12 bits per heavy atom. The van der Waals surface area contributed by atoms with Gasteiger partial charge < -0.3 is 19.8 Å². The number of nitrogens with zero attached hydrogens (tertiary/aromatic N) is 2. The number of aryl methyl sites for hydroxylation is 1. The lowest BCUT2D eigenvalue weighted by molar-refractivity contribution is -0.121. The van der Waals surface area contributed by atoms with Crippen LogP contribution in [0.5, 0.6) is 11.5 Å². The van der Waals surface area contributed by atoms with Crippen molar-refractivity contribution in [3.05, 3.63) is 46.8 Å². The maximum atomic E-state index is 12.0. The van der Waals surface area contributed by atoms with Gasteiger partial charge in [0.05, 0.1) is 19.2 Å². The number of halogens is 1. The van der Waals surface area contributed by atoms with E-state index in [1.807, 2.05) is 30.3 Å². The van der Waals surface area contributed by atoms with Crippen LogP contribution in [-0.4, -0.2) is 41.1 Å². The minimum atomic E-state index is -0.0526. The van der Waals surface area contributed by atoms with E-state index in [1.165, 1.54) is 0 Å². The van der Waals surface area contributed by atoms with E-state index in [9.17, 15) is 4.79 Å². The number of carbonyl (C=O) groups is 1. The van der Waals surface area contributed by atoms with E-state index in [1.54, 1.807) is 13.3 Å². The summed E-state index contributed by atoms with van der Waals surface area (Å²) in [5.41, 5.74) is 1.49. The molecular formula is C18H19BrN4O3. The third-order valence-electron chi connectivity index (χ3n) is 3.69. The number of imidazole rings is 1. The van der Waals surface area contributed by atoms with Crippen molar-refractivity contribution in [2.75, 3.05) is 20.3 Å². The molecule has 0 spiro atoms. The Hall–Kier alpha value is -2.61. The number of nitrogens with one attached hydrogen (secondary N) is 2. The maximum Gasteiger partial charge on any atom is 0.220 e. The number of para-hydroxylation sites is 2. The molecule has 0 aliphatic heterocycles. The largest absolute Gasteiger partial charge is 0.493 e. The minimum Gasteiger partial charge on any atom is -0.493 e. The standard InChI is InChI=1S/C18H19BrN4O3/c1-25-14-4-2-3-5-15(14)26-9-8-20-17(24)7-6-16-22-13-10-12(19)11-21-18(13)23-16/h2-5,10-11H,6-9H2,1H3,(H,20,24)(H,21,22,23). The molecule has 8 heteroatoms. The number of hydrogen-bond donors (Lipinski definition) is 2. The Morgan fingerprint density at radius 3 is 2.92 bits per heavy atom. The first-order valence-electron chi connectivity index (χ1n) is 8.18. The van der Waals surface area contributed by atoms with Crippen molar-refractivity contribution in [3.63, 3.8) is 0 Å². The summed E-state index contributed by atoms with van der Waals surface area (Å²) in [5, 5.41) is 2.83. The summed E-state index contributed by atoms with van der Waals surface area (Å²) in [5.74, 6) is 2.02. The van der Waals surface area contributed by atoms with Crippen molar-refractivity contribution >= 4 is 33.0 Å². The van der Waals surface area contributed by atoms with Crippen molar-refractivity contribution in [2.45, 2.75) is 12.8 Å². The number of benzene rings is 1. The van der Waals surface area contributed by atoms with Gasteiger partial charge in [-0.25, -0.2) is 9.97 Å². The monoisotopic (exact) mass is 418 g/mol. The van der Waals surface area contributed by atoms with Gasteiger partial charge in [-0.15, -0.1) is 0 Å². The zero-order valence-corrected chi connectivity index (χ0v) is 15.9. The molecule has 2 N–H and O–H groups in total. The second-order valence-corrected chi connectivity index (χ2v) is 6.47. The topological polar surface area (TPSA) is 89.1 Å². The average Bonchev–Trinajstić information content (AvgIpc) is 3.06. The normalized spacial score (nSPS) is 10.7. The van der Waals surface area contributed by atoms with E-state index < -0.39 is 0 Å². The molecule has 0 bridgehead atoms. The lowest BCUT2D eigenvalue weighted by Gasteiger charge is -2.10. The van der Waals surface area contributed by atoms with Gasteiger partial charge in [0.1, 0.15) is 12.4 Å². The Bertz CT molecular complexity index is 897. The Kier molecular flexibility index (Phi) is 6.06. The van der Waals surface area contributed by atoms with Crippen molar-refractivity contribution in [3.8, 4) is 11.5 Å². The number of methoxy groups -OCH3 is 1.